The predicted octanol–water partition coefficient (Wildman–Crippen LogP) is 6.51. The number of rotatable bonds is 4. The van der Waals surface area contributed by atoms with E-state index in [9.17, 15) is 9.90 Å². The van der Waals surface area contributed by atoms with Crippen molar-refractivity contribution in [2.24, 2.45) is 5.92 Å². The molecule has 0 saturated heterocycles. The second-order valence-corrected chi connectivity index (χ2v) is 8.74. The van der Waals surface area contributed by atoms with Crippen LogP contribution in [0.4, 0.5) is 0 Å². The molecule has 140 valence electrons. The summed E-state index contributed by atoms with van der Waals surface area (Å²) in [5, 5.41) is 9.85. The minimum absolute atomic E-state index is 0.415. The normalized spacial score (nSPS) is 19.9. The molecule has 0 radical (unpaired) electrons. The highest BCUT2D eigenvalue weighted by Gasteiger charge is 2.26. The SMILES string of the molecule is Cc1ccc(C2CCC(C)CC2)n1-c1cc(-c2ccccc2)sc1C(=O)O. The summed E-state index contributed by atoms with van der Waals surface area (Å²) in [5.41, 5.74) is 4.24. The summed E-state index contributed by atoms with van der Waals surface area (Å²) in [6.45, 7) is 4.40. The molecular weight excluding hydrogens is 354 g/mol. The van der Waals surface area contributed by atoms with Crippen molar-refractivity contribution in [3.63, 3.8) is 0 Å². The molecule has 1 aliphatic rings. The van der Waals surface area contributed by atoms with Crippen LogP contribution in [0.3, 0.4) is 0 Å². The van der Waals surface area contributed by atoms with Crippen molar-refractivity contribution in [2.45, 2.75) is 45.4 Å². The summed E-state index contributed by atoms with van der Waals surface area (Å²) < 4.78 is 2.19. The molecule has 1 aromatic carbocycles. The third-order valence-electron chi connectivity index (χ3n) is 5.75. The molecule has 4 rings (SSSR count). The number of carbonyl (C=O) groups is 1. The molecule has 1 aliphatic carbocycles. The van der Waals surface area contributed by atoms with Crippen molar-refractivity contribution in [3.05, 3.63) is 64.8 Å². The van der Waals surface area contributed by atoms with Gasteiger partial charge in [-0.25, -0.2) is 4.79 Å². The smallest absolute Gasteiger partial charge is 0.348 e. The maximum absolute atomic E-state index is 12.0. The topological polar surface area (TPSA) is 42.2 Å². The van der Waals surface area contributed by atoms with Gasteiger partial charge >= 0.3 is 5.97 Å². The predicted molar refractivity (Wildman–Crippen MR) is 111 cm³/mol. The number of nitrogens with zero attached hydrogens (tertiary/aromatic N) is 1. The van der Waals surface area contributed by atoms with Gasteiger partial charge in [0, 0.05) is 16.3 Å². The van der Waals surface area contributed by atoms with Gasteiger partial charge in [-0.05, 0) is 55.4 Å². The summed E-state index contributed by atoms with van der Waals surface area (Å²) >= 11 is 1.36. The highest BCUT2D eigenvalue weighted by molar-refractivity contribution is 7.17. The number of aromatic nitrogens is 1. The van der Waals surface area contributed by atoms with Crippen molar-refractivity contribution in [1.29, 1.82) is 0 Å². The molecule has 0 spiro atoms. The number of aryl methyl sites for hydroxylation is 1. The number of hydrogen-bond donors (Lipinski definition) is 1. The highest BCUT2D eigenvalue weighted by atomic mass is 32.1. The van der Waals surface area contributed by atoms with E-state index < -0.39 is 5.97 Å². The molecule has 4 heteroatoms. The zero-order valence-electron chi connectivity index (χ0n) is 15.8. The maximum atomic E-state index is 12.0. The van der Waals surface area contributed by atoms with Crippen LogP contribution in [0.15, 0.2) is 48.5 Å². The molecule has 1 saturated carbocycles. The Labute approximate surface area is 164 Å². The average molecular weight is 380 g/mol. The van der Waals surface area contributed by atoms with Gasteiger partial charge in [-0.15, -0.1) is 11.3 Å². The lowest BCUT2D eigenvalue weighted by Crippen LogP contribution is -2.15. The fraction of sp³-hybridized carbons (Fsp3) is 0.348. The van der Waals surface area contributed by atoms with E-state index in [0.717, 1.165) is 27.7 Å². The lowest BCUT2D eigenvalue weighted by Gasteiger charge is -2.27. The number of benzene rings is 1. The zero-order chi connectivity index (χ0) is 19.0. The molecule has 0 atom stereocenters. The summed E-state index contributed by atoms with van der Waals surface area (Å²) in [5.74, 6) is 0.455. The fourth-order valence-electron chi connectivity index (χ4n) is 4.21. The van der Waals surface area contributed by atoms with E-state index in [1.165, 1.54) is 42.7 Å². The number of carboxylic acids is 1. The van der Waals surface area contributed by atoms with E-state index in [-0.39, 0.29) is 0 Å². The number of thiophene rings is 1. The zero-order valence-corrected chi connectivity index (χ0v) is 16.6. The van der Waals surface area contributed by atoms with E-state index >= 15 is 0 Å². The van der Waals surface area contributed by atoms with Gasteiger partial charge in [0.25, 0.3) is 0 Å². The molecule has 0 unspecified atom stereocenters. The Balaban J connectivity index is 1.81. The van der Waals surface area contributed by atoms with E-state index in [4.69, 9.17) is 0 Å². The number of carboxylic acid groups (broad SMARTS) is 1. The summed E-state index contributed by atoms with van der Waals surface area (Å²) in [4.78, 5) is 13.4. The second kappa shape index (κ2) is 7.35. The first-order valence-corrected chi connectivity index (χ1v) is 10.5. The monoisotopic (exact) mass is 379 g/mol. The third-order valence-corrected chi connectivity index (χ3v) is 6.91. The largest absolute Gasteiger partial charge is 0.477 e. The van der Waals surface area contributed by atoms with E-state index in [0.29, 0.717) is 10.8 Å². The van der Waals surface area contributed by atoms with Gasteiger partial charge in [0.05, 0.1) is 5.69 Å². The van der Waals surface area contributed by atoms with Crippen molar-refractivity contribution < 1.29 is 9.90 Å². The van der Waals surface area contributed by atoms with Crippen molar-refractivity contribution >= 4 is 17.3 Å². The van der Waals surface area contributed by atoms with Crippen LogP contribution in [0.2, 0.25) is 0 Å². The van der Waals surface area contributed by atoms with Crippen LogP contribution in [-0.2, 0) is 0 Å². The Morgan fingerprint density at radius 1 is 1.07 bits per heavy atom. The van der Waals surface area contributed by atoms with Gasteiger partial charge in [0.1, 0.15) is 4.88 Å². The first-order chi connectivity index (χ1) is 13.0. The summed E-state index contributed by atoms with van der Waals surface area (Å²) in [6, 6.07) is 16.4. The van der Waals surface area contributed by atoms with Crippen LogP contribution in [0, 0.1) is 12.8 Å². The lowest BCUT2D eigenvalue weighted by atomic mass is 9.81. The summed E-state index contributed by atoms with van der Waals surface area (Å²) in [6.07, 6.45) is 4.87. The van der Waals surface area contributed by atoms with Crippen LogP contribution in [-0.4, -0.2) is 15.6 Å². The fourth-order valence-corrected chi connectivity index (χ4v) is 5.19. The number of aromatic carboxylic acids is 1. The third kappa shape index (κ3) is 3.46. The molecule has 1 fully saturated rings. The van der Waals surface area contributed by atoms with Crippen molar-refractivity contribution in [2.75, 3.05) is 0 Å². The van der Waals surface area contributed by atoms with Gasteiger partial charge in [-0.1, -0.05) is 50.1 Å². The lowest BCUT2D eigenvalue weighted by molar-refractivity contribution is 0.0702. The Morgan fingerprint density at radius 2 is 1.78 bits per heavy atom. The maximum Gasteiger partial charge on any atom is 0.348 e. The molecule has 2 aromatic heterocycles. The molecule has 3 aromatic rings. The molecule has 0 amide bonds. The van der Waals surface area contributed by atoms with Crippen LogP contribution >= 0.6 is 11.3 Å². The quantitative estimate of drug-likeness (QED) is 0.562. The number of hydrogen-bond acceptors (Lipinski definition) is 2. The van der Waals surface area contributed by atoms with Crippen LogP contribution in [0.5, 0.6) is 0 Å². The van der Waals surface area contributed by atoms with Crippen molar-refractivity contribution in [3.8, 4) is 16.1 Å². The standard InChI is InChI=1S/C23H25NO2S/c1-15-8-11-17(12-9-15)19-13-10-16(2)24(19)20-14-21(27-22(20)23(25)26)18-6-4-3-5-7-18/h3-7,10,13-15,17H,8-9,11-12H2,1-2H3,(H,25,26). The first-order valence-electron chi connectivity index (χ1n) is 9.65. The molecule has 27 heavy (non-hydrogen) atoms. The van der Waals surface area contributed by atoms with E-state index in [1.54, 1.807) is 0 Å². The van der Waals surface area contributed by atoms with Gasteiger partial charge in [-0.3, -0.25) is 0 Å². The van der Waals surface area contributed by atoms with Gasteiger partial charge in [0.15, 0.2) is 0 Å². The van der Waals surface area contributed by atoms with Gasteiger partial charge in [-0.2, -0.15) is 0 Å². The molecule has 1 N–H and O–H groups in total. The molecule has 3 nitrogen and oxygen atoms in total. The molecule has 0 bridgehead atoms. The Hall–Kier alpha value is -2.33. The Kier molecular flexibility index (Phi) is 4.92. The Bertz CT molecular complexity index is 946. The minimum Gasteiger partial charge on any atom is -0.477 e. The first kappa shape index (κ1) is 18.1. The van der Waals surface area contributed by atoms with E-state index in [2.05, 4.69) is 30.5 Å². The summed E-state index contributed by atoms with van der Waals surface area (Å²) in [7, 11) is 0. The molecular formula is C23H25NO2S. The Morgan fingerprint density at radius 3 is 2.44 bits per heavy atom. The van der Waals surface area contributed by atoms with Crippen LogP contribution in [0.1, 0.15) is 59.6 Å². The van der Waals surface area contributed by atoms with Crippen LogP contribution in [0.25, 0.3) is 16.1 Å². The molecule has 0 aliphatic heterocycles. The highest BCUT2D eigenvalue weighted by Crippen LogP contribution is 2.40. The molecule has 2 heterocycles. The van der Waals surface area contributed by atoms with Crippen LogP contribution < -0.4 is 0 Å². The van der Waals surface area contributed by atoms with Gasteiger partial charge < -0.3 is 9.67 Å². The second-order valence-electron chi connectivity index (χ2n) is 7.69. The van der Waals surface area contributed by atoms with E-state index in [1.807, 2.05) is 36.4 Å². The average Bonchev–Trinajstić information content (AvgIpc) is 3.27. The minimum atomic E-state index is -0.853. The van der Waals surface area contributed by atoms with Gasteiger partial charge in [0.2, 0.25) is 0 Å². The van der Waals surface area contributed by atoms with Crippen molar-refractivity contribution in [1.82, 2.24) is 4.57 Å².